The van der Waals surface area contributed by atoms with Gasteiger partial charge in [0.25, 0.3) is 5.91 Å². The van der Waals surface area contributed by atoms with Gasteiger partial charge in [-0.1, -0.05) is 68.4 Å². The smallest absolute Gasteiger partial charge is 0.408 e. The van der Waals surface area contributed by atoms with E-state index < -0.39 is 29.7 Å². The highest BCUT2D eigenvalue weighted by atomic mass is 16.6. The number of carbonyl (C=O) groups is 3. The fourth-order valence-corrected chi connectivity index (χ4v) is 4.78. The minimum Gasteiger partial charge on any atom is -0.508 e. The molecule has 3 atom stereocenters. The van der Waals surface area contributed by atoms with Crippen molar-refractivity contribution in [3.05, 3.63) is 95.1 Å². The molecule has 0 spiro atoms. The molecule has 0 fully saturated rings. The third kappa shape index (κ3) is 9.33. The monoisotopic (exact) mass is 587 g/mol. The number of aromatic hydroxyl groups is 1. The summed E-state index contributed by atoms with van der Waals surface area (Å²) in [7, 11) is 0. The number of carbonyl (C=O) groups excluding carboxylic acids is 3. The Morgan fingerprint density at radius 2 is 1.51 bits per heavy atom. The number of para-hydroxylation sites is 1. The van der Waals surface area contributed by atoms with E-state index in [1.54, 1.807) is 37.8 Å². The molecule has 8 nitrogen and oxygen atoms in total. The molecule has 8 heteroatoms. The quantitative estimate of drug-likeness (QED) is 0.231. The average Bonchev–Trinajstić information content (AvgIpc) is 2.96. The van der Waals surface area contributed by atoms with Crippen LogP contribution in [0.25, 0.3) is 0 Å². The maximum atomic E-state index is 14.6. The molecule has 43 heavy (non-hydrogen) atoms. The number of nitrogens with one attached hydrogen (secondary N) is 2. The largest absolute Gasteiger partial charge is 0.508 e. The predicted octanol–water partition coefficient (Wildman–Crippen LogP) is 6.71. The van der Waals surface area contributed by atoms with Gasteiger partial charge < -0.3 is 25.4 Å². The second-order valence-electron chi connectivity index (χ2n) is 11.9. The van der Waals surface area contributed by atoms with Gasteiger partial charge in [0.05, 0.1) is 0 Å². The van der Waals surface area contributed by atoms with E-state index in [0.717, 1.165) is 23.1 Å². The second-order valence-corrected chi connectivity index (χ2v) is 11.9. The van der Waals surface area contributed by atoms with Crippen molar-refractivity contribution in [1.29, 1.82) is 0 Å². The Labute approximate surface area is 255 Å². The Hall–Kier alpha value is -4.33. The van der Waals surface area contributed by atoms with E-state index >= 15 is 0 Å². The number of hydrogen-bond donors (Lipinski definition) is 3. The first-order valence-corrected chi connectivity index (χ1v) is 14.9. The lowest BCUT2D eigenvalue weighted by Crippen LogP contribution is -2.55. The number of nitrogens with zero attached hydrogens (tertiary/aromatic N) is 1. The standard InChI is InChI=1S/C35H45N3O5/c1-8-24(4)38(33(41)30(37-34(42)43-35(5,6)7)22-26-16-20-28(39)21-17-26)31(27-18-14-25(9-2)15-19-27)32(40)36-29-13-11-10-12-23(29)3/h10-21,24,30-31,39H,8-9,22H2,1-7H3,(H,36,40)(H,37,42). The van der Waals surface area contributed by atoms with Crippen molar-refractivity contribution in [2.75, 3.05) is 5.32 Å². The van der Waals surface area contributed by atoms with Crippen LogP contribution in [0.5, 0.6) is 5.75 Å². The van der Waals surface area contributed by atoms with Gasteiger partial charge >= 0.3 is 6.09 Å². The zero-order valence-electron chi connectivity index (χ0n) is 26.3. The summed E-state index contributed by atoms with van der Waals surface area (Å²) in [6.07, 6.45) is 0.808. The molecular formula is C35H45N3O5. The van der Waals surface area contributed by atoms with Crippen molar-refractivity contribution < 1.29 is 24.2 Å². The fraction of sp³-hybridized carbons (Fsp3) is 0.400. The number of phenolic OH excluding ortho intramolecular Hbond substituents is 1. The average molecular weight is 588 g/mol. The molecule has 3 amide bonds. The van der Waals surface area contributed by atoms with Gasteiger partial charge in [0.1, 0.15) is 23.4 Å². The normalized spacial score (nSPS) is 13.4. The van der Waals surface area contributed by atoms with Gasteiger partial charge in [0.15, 0.2) is 0 Å². The summed E-state index contributed by atoms with van der Waals surface area (Å²) in [5.41, 5.74) is 3.28. The van der Waals surface area contributed by atoms with Crippen LogP contribution in [-0.2, 0) is 27.2 Å². The maximum Gasteiger partial charge on any atom is 0.408 e. The van der Waals surface area contributed by atoms with Crippen molar-refractivity contribution in [3.63, 3.8) is 0 Å². The summed E-state index contributed by atoms with van der Waals surface area (Å²) in [6, 6.07) is 19.3. The molecular weight excluding hydrogens is 542 g/mol. The summed E-state index contributed by atoms with van der Waals surface area (Å²) >= 11 is 0. The summed E-state index contributed by atoms with van der Waals surface area (Å²) in [6.45, 7) is 13.1. The number of alkyl carbamates (subject to hydrolysis) is 1. The molecule has 3 aromatic carbocycles. The van der Waals surface area contributed by atoms with E-state index in [0.29, 0.717) is 17.7 Å². The molecule has 0 saturated heterocycles. The molecule has 0 aliphatic carbocycles. The van der Waals surface area contributed by atoms with Gasteiger partial charge in [-0.05, 0) is 87.9 Å². The van der Waals surface area contributed by atoms with Crippen LogP contribution in [0.2, 0.25) is 0 Å². The molecule has 3 N–H and O–H groups in total. The van der Waals surface area contributed by atoms with Crippen LogP contribution >= 0.6 is 0 Å². The number of amides is 3. The molecule has 3 unspecified atom stereocenters. The molecule has 0 heterocycles. The lowest BCUT2D eigenvalue weighted by atomic mass is 9.96. The van der Waals surface area contributed by atoms with E-state index in [4.69, 9.17) is 4.74 Å². The first-order valence-electron chi connectivity index (χ1n) is 14.9. The molecule has 0 bridgehead atoms. The first-order chi connectivity index (χ1) is 20.3. The van der Waals surface area contributed by atoms with Crippen LogP contribution in [-0.4, -0.2) is 45.6 Å². The number of hydrogen-bond acceptors (Lipinski definition) is 5. The van der Waals surface area contributed by atoms with E-state index in [1.807, 2.05) is 69.3 Å². The summed E-state index contributed by atoms with van der Waals surface area (Å²) < 4.78 is 5.51. The van der Waals surface area contributed by atoms with Crippen molar-refractivity contribution in [1.82, 2.24) is 10.2 Å². The third-order valence-electron chi connectivity index (χ3n) is 7.32. The fourth-order valence-electron chi connectivity index (χ4n) is 4.78. The van der Waals surface area contributed by atoms with Crippen molar-refractivity contribution >= 4 is 23.6 Å². The molecule has 230 valence electrons. The van der Waals surface area contributed by atoms with E-state index in [-0.39, 0.29) is 24.1 Å². The van der Waals surface area contributed by atoms with Crippen molar-refractivity contribution in [2.24, 2.45) is 0 Å². The van der Waals surface area contributed by atoms with Crippen molar-refractivity contribution in [2.45, 2.75) is 91.5 Å². The zero-order chi connectivity index (χ0) is 31.7. The Bertz CT molecular complexity index is 1380. The third-order valence-corrected chi connectivity index (χ3v) is 7.32. The van der Waals surface area contributed by atoms with Crippen LogP contribution in [0.3, 0.4) is 0 Å². The minimum atomic E-state index is -1.04. The SMILES string of the molecule is CCc1ccc(C(C(=O)Nc2ccccc2C)N(C(=O)C(Cc2ccc(O)cc2)NC(=O)OC(C)(C)C)C(C)CC)cc1. The van der Waals surface area contributed by atoms with E-state index in [1.165, 1.54) is 12.1 Å². The summed E-state index contributed by atoms with van der Waals surface area (Å²) in [4.78, 5) is 43.3. The lowest BCUT2D eigenvalue weighted by Gasteiger charge is -2.38. The number of anilines is 1. The number of benzene rings is 3. The number of rotatable bonds is 11. The van der Waals surface area contributed by atoms with Crippen molar-refractivity contribution in [3.8, 4) is 5.75 Å². The van der Waals surface area contributed by atoms with Crippen LogP contribution in [0, 0.1) is 6.92 Å². The van der Waals surface area contributed by atoms with E-state index in [2.05, 4.69) is 17.6 Å². The second kappa shape index (κ2) is 14.7. The highest BCUT2D eigenvalue weighted by Gasteiger charge is 2.38. The number of ether oxygens (including phenoxy) is 1. The Morgan fingerprint density at radius 1 is 0.907 bits per heavy atom. The number of aryl methyl sites for hydroxylation is 2. The van der Waals surface area contributed by atoms with Gasteiger partial charge in [0.2, 0.25) is 5.91 Å². The van der Waals surface area contributed by atoms with Gasteiger partial charge in [-0.15, -0.1) is 0 Å². The maximum absolute atomic E-state index is 14.6. The summed E-state index contributed by atoms with van der Waals surface area (Å²) in [5, 5.41) is 15.6. The lowest BCUT2D eigenvalue weighted by molar-refractivity contribution is -0.143. The zero-order valence-corrected chi connectivity index (χ0v) is 26.3. The number of phenols is 1. The minimum absolute atomic E-state index is 0.0939. The molecule has 0 saturated carbocycles. The van der Waals surface area contributed by atoms with E-state index in [9.17, 15) is 19.5 Å². The Kier molecular flexibility index (Phi) is 11.4. The highest BCUT2D eigenvalue weighted by molar-refractivity contribution is 5.99. The van der Waals surface area contributed by atoms with Crippen LogP contribution < -0.4 is 10.6 Å². The Morgan fingerprint density at radius 3 is 2.07 bits per heavy atom. The molecule has 0 aromatic heterocycles. The van der Waals surface area contributed by atoms with Crippen LogP contribution in [0.15, 0.2) is 72.8 Å². The molecule has 0 aliphatic rings. The van der Waals surface area contributed by atoms with Gasteiger partial charge in [0, 0.05) is 18.2 Å². The predicted molar refractivity (Wildman–Crippen MR) is 170 cm³/mol. The topological polar surface area (TPSA) is 108 Å². The molecule has 3 rings (SSSR count). The van der Waals surface area contributed by atoms with Gasteiger partial charge in [-0.2, -0.15) is 0 Å². The van der Waals surface area contributed by atoms with Gasteiger partial charge in [-0.3, -0.25) is 9.59 Å². The highest BCUT2D eigenvalue weighted by Crippen LogP contribution is 2.29. The molecule has 3 aromatic rings. The van der Waals surface area contributed by atoms with Crippen LogP contribution in [0.4, 0.5) is 10.5 Å². The summed E-state index contributed by atoms with van der Waals surface area (Å²) in [5.74, 6) is -0.679. The Balaban J connectivity index is 2.10. The molecule has 0 radical (unpaired) electrons. The first kappa shape index (κ1) is 33.2. The molecule has 0 aliphatic heterocycles. The van der Waals surface area contributed by atoms with Crippen LogP contribution in [0.1, 0.15) is 76.3 Å². The van der Waals surface area contributed by atoms with Gasteiger partial charge in [-0.25, -0.2) is 4.79 Å².